The van der Waals surface area contributed by atoms with Crippen LogP contribution in [0.1, 0.15) is 37.3 Å². The molecule has 0 saturated carbocycles. The van der Waals surface area contributed by atoms with Gasteiger partial charge >= 0.3 is 0 Å². The lowest BCUT2D eigenvalue weighted by Crippen LogP contribution is -2.46. The van der Waals surface area contributed by atoms with Gasteiger partial charge in [-0.05, 0) is 30.5 Å². The Balaban J connectivity index is 1.73. The number of amides is 3. The van der Waals surface area contributed by atoms with E-state index in [0.29, 0.717) is 23.8 Å². The molecule has 2 aromatic rings. The van der Waals surface area contributed by atoms with Crippen molar-refractivity contribution in [3.05, 3.63) is 41.4 Å². The summed E-state index contributed by atoms with van der Waals surface area (Å²) in [5.74, 6) is -1.01. The number of aromatic nitrogens is 1. The van der Waals surface area contributed by atoms with Crippen LogP contribution < -0.4 is 10.6 Å². The van der Waals surface area contributed by atoms with Crippen molar-refractivity contribution < 1.29 is 29.0 Å². The minimum atomic E-state index is -0.952. The van der Waals surface area contributed by atoms with Crippen molar-refractivity contribution in [2.45, 2.75) is 37.8 Å². The number of carbonyl (C=O) groups excluding carboxylic acids is 3. The van der Waals surface area contributed by atoms with Crippen LogP contribution in [0.5, 0.6) is 5.75 Å². The monoisotopic (exact) mass is 490 g/mol. The van der Waals surface area contributed by atoms with E-state index in [1.807, 2.05) is 0 Å². The Labute approximate surface area is 202 Å². The molecule has 1 aliphatic heterocycles. The van der Waals surface area contributed by atoms with Gasteiger partial charge in [0.25, 0.3) is 0 Å². The zero-order valence-corrected chi connectivity index (χ0v) is 19.9. The van der Waals surface area contributed by atoms with Gasteiger partial charge in [-0.2, -0.15) is 0 Å². The van der Waals surface area contributed by atoms with Crippen molar-refractivity contribution in [3.8, 4) is 5.75 Å². The van der Waals surface area contributed by atoms with Crippen LogP contribution in [0.2, 0.25) is 0 Å². The first-order valence-corrected chi connectivity index (χ1v) is 12.0. The maximum absolute atomic E-state index is 13.3. The van der Waals surface area contributed by atoms with Gasteiger partial charge in [-0.15, -0.1) is 11.3 Å². The number of thiazole rings is 1. The third-order valence-corrected chi connectivity index (χ3v) is 6.09. The van der Waals surface area contributed by atoms with Crippen LogP contribution in [-0.4, -0.2) is 72.2 Å². The van der Waals surface area contributed by atoms with Crippen LogP contribution in [0.25, 0.3) is 0 Å². The number of rotatable bonds is 12. The third-order valence-electron chi connectivity index (χ3n) is 5.40. The van der Waals surface area contributed by atoms with Gasteiger partial charge < -0.3 is 30.1 Å². The molecule has 0 radical (unpaired) electrons. The smallest absolute Gasteiger partial charge is 0.247 e. The fourth-order valence-corrected chi connectivity index (χ4v) is 4.21. The molecule has 0 spiro atoms. The fourth-order valence-electron chi connectivity index (χ4n) is 3.66. The van der Waals surface area contributed by atoms with E-state index in [0.717, 1.165) is 12.8 Å². The summed E-state index contributed by atoms with van der Waals surface area (Å²) in [5.41, 5.74) is 0.541. The molecule has 2 unspecified atom stereocenters. The van der Waals surface area contributed by atoms with Crippen molar-refractivity contribution in [1.82, 2.24) is 15.2 Å². The summed E-state index contributed by atoms with van der Waals surface area (Å²) in [6.07, 6.45) is 3.20. The van der Waals surface area contributed by atoms with Gasteiger partial charge in [-0.25, -0.2) is 4.98 Å². The summed E-state index contributed by atoms with van der Waals surface area (Å²) in [5, 5.41) is 17.5. The Morgan fingerprint density at radius 1 is 1.29 bits per heavy atom. The van der Waals surface area contributed by atoms with Crippen LogP contribution in [-0.2, 0) is 23.9 Å². The largest absolute Gasteiger partial charge is 0.508 e. The third kappa shape index (κ3) is 7.51. The molecule has 3 rings (SSSR count). The molecule has 184 valence electrons. The lowest BCUT2D eigenvalue weighted by atomic mass is 10.0. The predicted octanol–water partition coefficient (Wildman–Crippen LogP) is 2.08. The average molecular weight is 491 g/mol. The molecule has 0 bridgehead atoms. The van der Waals surface area contributed by atoms with Crippen molar-refractivity contribution in [3.63, 3.8) is 0 Å². The van der Waals surface area contributed by atoms with Crippen LogP contribution in [0.15, 0.2) is 35.8 Å². The summed E-state index contributed by atoms with van der Waals surface area (Å²) in [7, 11) is 1.51. The van der Waals surface area contributed by atoms with Crippen LogP contribution in [0.3, 0.4) is 0 Å². The minimum Gasteiger partial charge on any atom is -0.508 e. The number of nitrogens with zero attached hydrogens (tertiary/aromatic N) is 2. The maximum atomic E-state index is 13.3. The minimum absolute atomic E-state index is 0.0517. The highest BCUT2D eigenvalue weighted by molar-refractivity contribution is 7.13. The van der Waals surface area contributed by atoms with E-state index >= 15 is 0 Å². The molecule has 1 aromatic carbocycles. The molecule has 3 amide bonds. The van der Waals surface area contributed by atoms with Gasteiger partial charge in [-0.1, -0.05) is 12.1 Å². The molecule has 2 heterocycles. The summed E-state index contributed by atoms with van der Waals surface area (Å²) in [4.78, 5) is 44.2. The number of phenols is 1. The van der Waals surface area contributed by atoms with E-state index in [2.05, 4.69) is 15.6 Å². The molecule has 1 aliphatic rings. The van der Waals surface area contributed by atoms with Crippen molar-refractivity contribution in [2.75, 3.05) is 38.7 Å². The second kappa shape index (κ2) is 13.0. The van der Waals surface area contributed by atoms with E-state index in [1.165, 1.54) is 35.5 Å². The van der Waals surface area contributed by atoms with Crippen molar-refractivity contribution in [1.29, 1.82) is 0 Å². The number of hydrogen-bond donors (Lipinski definition) is 3. The van der Waals surface area contributed by atoms with Crippen molar-refractivity contribution >= 4 is 34.2 Å². The standard InChI is InChI=1S/C23H30N4O6S/c1-32-13-11-27(20(30)9-8-19(29)26-23-24-10-14-34-23)21(16-4-6-17(28)7-5-16)22(31)25-15-18-3-2-12-33-18/h4-7,10,14,18,21,28H,2-3,8-9,11-13,15H2,1H3,(H,25,31)(H,24,26,29). The van der Waals surface area contributed by atoms with E-state index < -0.39 is 6.04 Å². The molecule has 2 atom stereocenters. The van der Waals surface area contributed by atoms with Gasteiger partial charge in [-0.3, -0.25) is 14.4 Å². The number of ether oxygens (including phenoxy) is 2. The Morgan fingerprint density at radius 2 is 2.09 bits per heavy atom. The molecule has 1 fully saturated rings. The number of nitrogens with one attached hydrogen (secondary N) is 2. The molecular formula is C23H30N4O6S. The molecule has 11 heteroatoms. The molecule has 10 nitrogen and oxygen atoms in total. The SMILES string of the molecule is COCCN(C(=O)CCC(=O)Nc1nccs1)C(C(=O)NCC1CCCO1)c1ccc(O)cc1. The van der Waals surface area contributed by atoms with E-state index in [4.69, 9.17) is 9.47 Å². The van der Waals surface area contributed by atoms with Gasteiger partial charge in [0, 0.05) is 51.2 Å². The Hall–Kier alpha value is -3.02. The number of aromatic hydroxyl groups is 1. The molecule has 1 saturated heterocycles. The van der Waals surface area contributed by atoms with E-state index in [9.17, 15) is 19.5 Å². The summed E-state index contributed by atoms with van der Waals surface area (Å²) < 4.78 is 10.8. The topological polar surface area (TPSA) is 130 Å². The zero-order chi connectivity index (χ0) is 24.3. The zero-order valence-electron chi connectivity index (χ0n) is 19.1. The van der Waals surface area contributed by atoms with Crippen LogP contribution in [0.4, 0.5) is 5.13 Å². The summed E-state index contributed by atoms with van der Waals surface area (Å²) >= 11 is 1.29. The van der Waals surface area contributed by atoms with Gasteiger partial charge in [0.05, 0.1) is 12.7 Å². The highest BCUT2D eigenvalue weighted by Crippen LogP contribution is 2.25. The lowest BCUT2D eigenvalue weighted by molar-refractivity contribution is -0.142. The molecule has 34 heavy (non-hydrogen) atoms. The molecule has 0 aliphatic carbocycles. The number of benzene rings is 1. The summed E-state index contributed by atoms with van der Waals surface area (Å²) in [6.45, 7) is 1.38. The molecule has 3 N–H and O–H groups in total. The number of carbonyl (C=O) groups is 3. The maximum Gasteiger partial charge on any atom is 0.247 e. The second-order valence-corrected chi connectivity index (χ2v) is 8.73. The Morgan fingerprint density at radius 3 is 2.74 bits per heavy atom. The van der Waals surface area contributed by atoms with Gasteiger partial charge in [0.15, 0.2) is 5.13 Å². The highest BCUT2D eigenvalue weighted by atomic mass is 32.1. The average Bonchev–Trinajstić information content (AvgIpc) is 3.54. The Bertz CT molecular complexity index is 931. The number of hydrogen-bond acceptors (Lipinski definition) is 8. The quantitative estimate of drug-likeness (QED) is 0.415. The first-order chi connectivity index (χ1) is 16.5. The van der Waals surface area contributed by atoms with E-state index in [-0.39, 0.29) is 55.6 Å². The fraction of sp³-hybridized carbons (Fsp3) is 0.478. The van der Waals surface area contributed by atoms with Gasteiger partial charge in [0.2, 0.25) is 17.7 Å². The first kappa shape index (κ1) is 25.6. The Kier molecular flexibility index (Phi) is 9.80. The molecular weight excluding hydrogens is 460 g/mol. The second-order valence-electron chi connectivity index (χ2n) is 7.84. The number of phenolic OH excluding ortho intramolecular Hbond substituents is 1. The first-order valence-electron chi connectivity index (χ1n) is 11.1. The van der Waals surface area contributed by atoms with Crippen LogP contribution >= 0.6 is 11.3 Å². The predicted molar refractivity (Wildman–Crippen MR) is 126 cm³/mol. The lowest BCUT2D eigenvalue weighted by Gasteiger charge is -2.31. The van der Waals surface area contributed by atoms with E-state index in [1.54, 1.807) is 23.7 Å². The van der Waals surface area contributed by atoms with Crippen LogP contribution in [0, 0.1) is 0 Å². The number of anilines is 1. The van der Waals surface area contributed by atoms with Crippen molar-refractivity contribution in [2.24, 2.45) is 0 Å². The highest BCUT2D eigenvalue weighted by Gasteiger charge is 2.32. The normalized spacial score (nSPS) is 16.1. The van der Waals surface area contributed by atoms with Gasteiger partial charge in [0.1, 0.15) is 11.8 Å². The molecule has 1 aromatic heterocycles. The summed E-state index contributed by atoms with van der Waals surface area (Å²) in [6, 6.07) is 5.19. The number of methoxy groups -OCH3 is 1.